The maximum atomic E-state index is 11.2. The molecule has 0 saturated carbocycles. The monoisotopic (exact) mass is 309 g/mol. The Kier molecular flexibility index (Phi) is 3.80. The number of thiophene rings is 1. The number of nitrogens with two attached hydrogens (primary N) is 1. The van der Waals surface area contributed by atoms with Gasteiger partial charge in [0.15, 0.2) is 5.16 Å². The van der Waals surface area contributed by atoms with Crippen LogP contribution in [0.3, 0.4) is 0 Å². The highest BCUT2D eigenvalue weighted by Crippen LogP contribution is 2.38. The molecule has 2 heterocycles. The minimum Gasteiger partial charge on any atom is -0.468 e. The fraction of sp³-hybridized carbons (Fsp3) is 0.462. The van der Waals surface area contributed by atoms with Gasteiger partial charge in [-0.25, -0.2) is 9.97 Å². The maximum absolute atomic E-state index is 11.2. The molecule has 1 aliphatic carbocycles. The molecule has 0 atom stereocenters. The number of ether oxygens (including phenoxy) is 1. The summed E-state index contributed by atoms with van der Waals surface area (Å²) in [4.78, 5) is 22.3. The van der Waals surface area contributed by atoms with Crippen molar-refractivity contribution in [3.63, 3.8) is 0 Å². The number of rotatable bonds is 3. The fourth-order valence-electron chi connectivity index (χ4n) is 2.41. The molecule has 0 fully saturated rings. The summed E-state index contributed by atoms with van der Waals surface area (Å²) in [5, 5.41) is 1.56. The number of esters is 1. The Morgan fingerprint density at radius 3 is 3.00 bits per heavy atom. The van der Waals surface area contributed by atoms with Crippen LogP contribution in [0.5, 0.6) is 0 Å². The van der Waals surface area contributed by atoms with E-state index in [9.17, 15) is 4.79 Å². The molecule has 0 radical (unpaired) electrons. The van der Waals surface area contributed by atoms with Crippen LogP contribution in [0.2, 0.25) is 0 Å². The summed E-state index contributed by atoms with van der Waals surface area (Å²) in [5.41, 5.74) is 7.42. The van der Waals surface area contributed by atoms with Crippen molar-refractivity contribution >= 4 is 45.1 Å². The van der Waals surface area contributed by atoms with Crippen LogP contribution in [0, 0.1) is 0 Å². The number of aromatic nitrogens is 2. The second kappa shape index (κ2) is 5.57. The largest absolute Gasteiger partial charge is 0.468 e. The van der Waals surface area contributed by atoms with Crippen LogP contribution in [-0.2, 0) is 22.4 Å². The molecule has 0 bridgehead atoms. The lowest BCUT2D eigenvalue weighted by molar-refractivity contribution is -0.137. The van der Waals surface area contributed by atoms with Crippen molar-refractivity contribution in [1.82, 2.24) is 9.97 Å². The van der Waals surface area contributed by atoms with E-state index < -0.39 is 0 Å². The Bertz CT molecular complexity index is 669. The van der Waals surface area contributed by atoms with Crippen molar-refractivity contribution in [3.05, 3.63) is 10.4 Å². The molecule has 2 N–H and O–H groups in total. The fourth-order valence-corrected chi connectivity index (χ4v) is 4.42. The molecule has 0 spiro atoms. The molecule has 1 aliphatic rings. The third-order valence-corrected chi connectivity index (χ3v) is 5.38. The van der Waals surface area contributed by atoms with Crippen LogP contribution in [0.25, 0.3) is 10.2 Å². The molecule has 20 heavy (non-hydrogen) atoms. The van der Waals surface area contributed by atoms with Crippen molar-refractivity contribution in [2.24, 2.45) is 0 Å². The number of thioether (sulfide) groups is 1. The molecule has 2 aromatic heterocycles. The van der Waals surface area contributed by atoms with Gasteiger partial charge in [-0.3, -0.25) is 4.79 Å². The Labute approximate surface area is 124 Å². The minimum atomic E-state index is -0.289. The number of hydrogen-bond acceptors (Lipinski definition) is 7. The molecular weight excluding hydrogens is 294 g/mol. The summed E-state index contributed by atoms with van der Waals surface area (Å²) < 4.78 is 4.61. The Morgan fingerprint density at radius 1 is 1.40 bits per heavy atom. The predicted octanol–water partition coefficient (Wildman–Crippen LogP) is 2.42. The smallest absolute Gasteiger partial charge is 0.316 e. The number of hydrogen-bond donors (Lipinski definition) is 1. The zero-order valence-corrected chi connectivity index (χ0v) is 12.8. The van der Waals surface area contributed by atoms with Gasteiger partial charge in [-0.2, -0.15) is 0 Å². The van der Waals surface area contributed by atoms with E-state index in [0.717, 1.165) is 23.1 Å². The van der Waals surface area contributed by atoms with Crippen LogP contribution < -0.4 is 5.73 Å². The third kappa shape index (κ3) is 2.47. The molecule has 3 rings (SSSR count). The van der Waals surface area contributed by atoms with E-state index in [2.05, 4.69) is 14.7 Å². The average molecular weight is 309 g/mol. The van der Waals surface area contributed by atoms with Crippen molar-refractivity contribution in [3.8, 4) is 0 Å². The Balaban J connectivity index is 1.95. The highest BCUT2D eigenvalue weighted by Gasteiger charge is 2.20. The zero-order valence-electron chi connectivity index (χ0n) is 11.1. The first-order valence-corrected chi connectivity index (χ1v) is 8.26. The van der Waals surface area contributed by atoms with E-state index in [1.165, 1.54) is 42.2 Å². The molecule has 0 amide bonds. The first-order chi connectivity index (χ1) is 9.69. The second-order valence-electron chi connectivity index (χ2n) is 4.65. The lowest BCUT2D eigenvalue weighted by Crippen LogP contribution is -2.05. The van der Waals surface area contributed by atoms with Crippen LogP contribution in [-0.4, -0.2) is 28.8 Å². The van der Waals surface area contributed by atoms with Crippen molar-refractivity contribution < 1.29 is 9.53 Å². The normalized spacial score (nSPS) is 14.2. The van der Waals surface area contributed by atoms with E-state index in [0.29, 0.717) is 11.0 Å². The molecule has 0 saturated heterocycles. The van der Waals surface area contributed by atoms with Gasteiger partial charge in [0.1, 0.15) is 10.6 Å². The van der Waals surface area contributed by atoms with Gasteiger partial charge in [0.25, 0.3) is 0 Å². The molecule has 2 aromatic rings. The van der Waals surface area contributed by atoms with Crippen molar-refractivity contribution in [2.75, 3.05) is 18.6 Å². The summed E-state index contributed by atoms with van der Waals surface area (Å²) >= 11 is 2.97. The molecule has 5 nitrogen and oxygen atoms in total. The van der Waals surface area contributed by atoms with Crippen LogP contribution in [0.15, 0.2) is 5.16 Å². The minimum absolute atomic E-state index is 0.201. The third-order valence-electron chi connectivity index (χ3n) is 3.37. The van der Waals surface area contributed by atoms with Gasteiger partial charge >= 0.3 is 5.97 Å². The van der Waals surface area contributed by atoms with Gasteiger partial charge in [0.05, 0.1) is 18.2 Å². The number of nitrogen functional groups attached to an aromatic ring is 1. The number of carbonyl (C=O) groups is 1. The first kappa shape index (κ1) is 13.6. The lowest BCUT2D eigenvalue weighted by Gasteiger charge is -2.10. The highest BCUT2D eigenvalue weighted by molar-refractivity contribution is 7.99. The molecule has 0 aromatic carbocycles. The molecular formula is C13H15N3O2S2. The van der Waals surface area contributed by atoms with Gasteiger partial charge in [-0.1, -0.05) is 11.8 Å². The quantitative estimate of drug-likeness (QED) is 0.533. The molecule has 0 aliphatic heterocycles. The summed E-state index contributed by atoms with van der Waals surface area (Å²) in [6.07, 6.45) is 4.62. The summed E-state index contributed by atoms with van der Waals surface area (Å²) in [7, 11) is 1.37. The van der Waals surface area contributed by atoms with E-state index >= 15 is 0 Å². The molecule has 106 valence electrons. The zero-order chi connectivity index (χ0) is 14.1. The van der Waals surface area contributed by atoms with E-state index in [4.69, 9.17) is 5.73 Å². The Morgan fingerprint density at radius 2 is 2.20 bits per heavy atom. The van der Waals surface area contributed by atoms with E-state index in [1.807, 2.05) is 0 Å². The maximum Gasteiger partial charge on any atom is 0.316 e. The number of carbonyl (C=O) groups excluding carboxylic acids is 1. The SMILES string of the molecule is COC(=O)CSc1nc(N)c2c3c(sc2n1)CCCC3. The number of aryl methyl sites for hydroxylation is 2. The van der Waals surface area contributed by atoms with Crippen LogP contribution in [0.4, 0.5) is 5.82 Å². The number of nitrogens with zero attached hydrogens (tertiary/aromatic N) is 2. The van der Waals surface area contributed by atoms with Gasteiger partial charge in [0, 0.05) is 4.88 Å². The topological polar surface area (TPSA) is 78.1 Å². The van der Waals surface area contributed by atoms with Gasteiger partial charge in [0.2, 0.25) is 0 Å². The number of anilines is 1. The predicted molar refractivity (Wildman–Crippen MR) is 81.2 cm³/mol. The van der Waals surface area contributed by atoms with Crippen LogP contribution in [0.1, 0.15) is 23.3 Å². The molecule has 0 unspecified atom stereocenters. The van der Waals surface area contributed by atoms with E-state index in [1.54, 1.807) is 11.3 Å². The highest BCUT2D eigenvalue weighted by atomic mass is 32.2. The lowest BCUT2D eigenvalue weighted by atomic mass is 9.97. The van der Waals surface area contributed by atoms with Crippen molar-refractivity contribution in [2.45, 2.75) is 30.8 Å². The van der Waals surface area contributed by atoms with Crippen molar-refractivity contribution in [1.29, 1.82) is 0 Å². The summed E-state index contributed by atoms with van der Waals surface area (Å²) in [5.74, 6) is 0.441. The van der Waals surface area contributed by atoms with E-state index in [-0.39, 0.29) is 11.7 Å². The summed E-state index contributed by atoms with van der Waals surface area (Å²) in [6.45, 7) is 0. The molecule has 7 heteroatoms. The second-order valence-corrected chi connectivity index (χ2v) is 6.67. The van der Waals surface area contributed by atoms with Crippen LogP contribution >= 0.6 is 23.1 Å². The number of methoxy groups -OCH3 is 1. The first-order valence-electron chi connectivity index (χ1n) is 6.46. The standard InChI is InChI=1S/C13H15N3O2S2/c1-18-9(17)6-19-13-15-11(14)10-7-4-2-3-5-8(7)20-12(10)16-13/h2-6H2,1H3,(H2,14,15,16). The Hall–Kier alpha value is -1.34. The van der Waals surface area contributed by atoms with Gasteiger partial charge in [-0.05, 0) is 31.2 Å². The number of fused-ring (bicyclic) bond motifs is 3. The van der Waals surface area contributed by atoms with Gasteiger partial charge < -0.3 is 10.5 Å². The average Bonchev–Trinajstić information content (AvgIpc) is 2.83. The van der Waals surface area contributed by atoms with Gasteiger partial charge in [-0.15, -0.1) is 11.3 Å². The summed E-state index contributed by atoms with van der Waals surface area (Å²) in [6, 6.07) is 0.